The Morgan fingerprint density at radius 2 is 2.10 bits per heavy atom. The van der Waals surface area contributed by atoms with E-state index in [4.69, 9.17) is 5.73 Å². The van der Waals surface area contributed by atoms with Crippen molar-refractivity contribution in [3.63, 3.8) is 0 Å². The fraction of sp³-hybridized carbons (Fsp3) is 0.462. The first-order chi connectivity index (χ1) is 9.71. The topological polar surface area (TPSA) is 75.3 Å². The molecule has 3 rings (SSSR count). The van der Waals surface area contributed by atoms with E-state index in [9.17, 15) is 4.79 Å². The zero-order valence-electron chi connectivity index (χ0n) is 11.4. The van der Waals surface area contributed by atoms with Gasteiger partial charge in [0.15, 0.2) is 0 Å². The minimum absolute atomic E-state index is 0.315. The van der Waals surface area contributed by atoms with Gasteiger partial charge in [-0.3, -0.25) is 4.79 Å². The van der Waals surface area contributed by atoms with Crippen molar-refractivity contribution in [1.82, 2.24) is 14.9 Å². The van der Waals surface area contributed by atoms with Crippen molar-refractivity contribution in [1.29, 1.82) is 0 Å². The van der Waals surface area contributed by atoms with Crippen molar-refractivity contribution in [2.75, 3.05) is 36.8 Å². The predicted octanol–water partition coefficient (Wildman–Crippen LogP) is 1.11. The number of aryl methyl sites for hydroxylation is 1. The Morgan fingerprint density at radius 3 is 2.75 bits per heavy atom. The van der Waals surface area contributed by atoms with Gasteiger partial charge < -0.3 is 15.5 Å². The standard InChI is InChI=1S/C13H17N5OS/c1-2-9-7-10-11(15-13(14)16-12(10)20-9)18-5-3-17(8-19)4-6-18/h7-8H,2-6H2,1H3,(H2,14,15,16). The molecule has 2 aromatic heterocycles. The van der Waals surface area contributed by atoms with E-state index in [0.29, 0.717) is 5.95 Å². The van der Waals surface area contributed by atoms with Gasteiger partial charge in [0.2, 0.25) is 12.4 Å². The molecule has 1 aliphatic rings. The van der Waals surface area contributed by atoms with Crippen LogP contribution in [0, 0.1) is 0 Å². The summed E-state index contributed by atoms with van der Waals surface area (Å²) < 4.78 is 0. The number of nitrogens with two attached hydrogens (primary N) is 1. The maximum Gasteiger partial charge on any atom is 0.223 e. The Bertz CT molecular complexity index is 633. The van der Waals surface area contributed by atoms with Crippen LogP contribution in [0.1, 0.15) is 11.8 Å². The number of hydrogen-bond donors (Lipinski definition) is 1. The van der Waals surface area contributed by atoms with Gasteiger partial charge in [0, 0.05) is 31.1 Å². The third-order valence-electron chi connectivity index (χ3n) is 3.55. The van der Waals surface area contributed by atoms with Gasteiger partial charge in [0.05, 0.1) is 5.39 Å². The molecule has 0 radical (unpaired) electrons. The predicted molar refractivity (Wildman–Crippen MR) is 81.1 cm³/mol. The van der Waals surface area contributed by atoms with E-state index in [1.807, 2.05) is 0 Å². The van der Waals surface area contributed by atoms with E-state index in [0.717, 1.165) is 55.0 Å². The molecule has 0 unspecified atom stereocenters. The van der Waals surface area contributed by atoms with E-state index in [1.54, 1.807) is 16.2 Å². The molecule has 2 aromatic rings. The third-order valence-corrected chi connectivity index (χ3v) is 4.73. The number of aromatic nitrogens is 2. The van der Waals surface area contributed by atoms with E-state index in [2.05, 4.69) is 27.9 Å². The molecule has 1 aliphatic heterocycles. The number of rotatable bonds is 3. The molecular formula is C13H17N5OS. The first kappa shape index (κ1) is 13.1. The minimum Gasteiger partial charge on any atom is -0.368 e. The van der Waals surface area contributed by atoms with Gasteiger partial charge in [-0.15, -0.1) is 11.3 Å². The van der Waals surface area contributed by atoms with Crippen molar-refractivity contribution in [2.24, 2.45) is 0 Å². The normalized spacial score (nSPS) is 15.8. The zero-order valence-corrected chi connectivity index (χ0v) is 12.2. The number of thiophene rings is 1. The molecule has 1 fully saturated rings. The molecule has 0 saturated carbocycles. The van der Waals surface area contributed by atoms with Crippen molar-refractivity contribution in [3.05, 3.63) is 10.9 Å². The summed E-state index contributed by atoms with van der Waals surface area (Å²) in [6.45, 7) is 5.13. The number of carbonyl (C=O) groups is 1. The van der Waals surface area contributed by atoms with Crippen molar-refractivity contribution >= 4 is 39.7 Å². The summed E-state index contributed by atoms with van der Waals surface area (Å²) in [5.74, 6) is 1.21. The van der Waals surface area contributed by atoms with Crippen LogP contribution in [0.15, 0.2) is 6.07 Å². The highest BCUT2D eigenvalue weighted by Gasteiger charge is 2.20. The van der Waals surface area contributed by atoms with Crippen LogP contribution in [0.3, 0.4) is 0 Å². The maximum absolute atomic E-state index is 10.8. The van der Waals surface area contributed by atoms with Crippen LogP contribution >= 0.6 is 11.3 Å². The van der Waals surface area contributed by atoms with Gasteiger partial charge in [0.25, 0.3) is 0 Å². The second-order valence-electron chi connectivity index (χ2n) is 4.82. The number of anilines is 2. The molecule has 6 nitrogen and oxygen atoms in total. The van der Waals surface area contributed by atoms with E-state index < -0.39 is 0 Å². The highest BCUT2D eigenvalue weighted by molar-refractivity contribution is 7.18. The molecule has 0 aliphatic carbocycles. The molecule has 0 aromatic carbocycles. The molecule has 0 bridgehead atoms. The lowest BCUT2D eigenvalue weighted by atomic mass is 10.2. The number of fused-ring (bicyclic) bond motifs is 1. The fourth-order valence-corrected chi connectivity index (χ4v) is 3.40. The quantitative estimate of drug-likeness (QED) is 0.858. The van der Waals surface area contributed by atoms with Crippen LogP contribution in [0.2, 0.25) is 0 Å². The summed E-state index contributed by atoms with van der Waals surface area (Å²) in [6.07, 6.45) is 1.89. The zero-order chi connectivity index (χ0) is 14.1. The fourth-order valence-electron chi connectivity index (χ4n) is 2.43. The average molecular weight is 291 g/mol. The smallest absolute Gasteiger partial charge is 0.223 e. The summed E-state index contributed by atoms with van der Waals surface area (Å²) in [7, 11) is 0. The summed E-state index contributed by atoms with van der Waals surface area (Å²) in [5.41, 5.74) is 5.83. The lowest BCUT2D eigenvalue weighted by Crippen LogP contribution is -2.46. The highest BCUT2D eigenvalue weighted by Crippen LogP contribution is 2.32. The van der Waals surface area contributed by atoms with Crippen LogP contribution in [0.5, 0.6) is 0 Å². The molecule has 1 amide bonds. The largest absolute Gasteiger partial charge is 0.368 e. The van der Waals surface area contributed by atoms with E-state index in [1.165, 1.54) is 4.88 Å². The molecule has 20 heavy (non-hydrogen) atoms. The van der Waals surface area contributed by atoms with Crippen molar-refractivity contribution in [2.45, 2.75) is 13.3 Å². The number of nitrogen functional groups attached to an aromatic ring is 1. The lowest BCUT2D eigenvalue weighted by molar-refractivity contribution is -0.118. The number of amides is 1. The molecule has 7 heteroatoms. The van der Waals surface area contributed by atoms with Crippen LogP contribution < -0.4 is 10.6 Å². The third kappa shape index (κ3) is 2.29. The summed E-state index contributed by atoms with van der Waals surface area (Å²) in [6, 6.07) is 2.15. The molecule has 1 saturated heterocycles. The maximum atomic E-state index is 10.8. The number of nitrogens with zero attached hydrogens (tertiary/aromatic N) is 4. The van der Waals surface area contributed by atoms with Crippen LogP contribution in [-0.4, -0.2) is 47.5 Å². The SMILES string of the molecule is CCc1cc2c(N3CCN(C=O)CC3)nc(N)nc2s1. The van der Waals surface area contributed by atoms with Gasteiger partial charge in [-0.05, 0) is 12.5 Å². The number of hydrogen-bond acceptors (Lipinski definition) is 6. The molecule has 2 N–H and O–H groups in total. The monoisotopic (exact) mass is 291 g/mol. The van der Waals surface area contributed by atoms with Crippen molar-refractivity contribution < 1.29 is 4.79 Å². The Labute approximate surface area is 121 Å². The molecule has 0 spiro atoms. The molecule has 106 valence electrons. The molecular weight excluding hydrogens is 274 g/mol. The lowest BCUT2D eigenvalue weighted by Gasteiger charge is -2.33. The molecule has 0 atom stereocenters. The first-order valence-electron chi connectivity index (χ1n) is 6.71. The summed E-state index contributed by atoms with van der Waals surface area (Å²) >= 11 is 1.67. The van der Waals surface area contributed by atoms with Crippen LogP contribution in [0.25, 0.3) is 10.2 Å². The van der Waals surface area contributed by atoms with Crippen LogP contribution in [-0.2, 0) is 11.2 Å². The highest BCUT2D eigenvalue weighted by atomic mass is 32.1. The van der Waals surface area contributed by atoms with Gasteiger partial charge >= 0.3 is 0 Å². The van der Waals surface area contributed by atoms with Gasteiger partial charge in [0.1, 0.15) is 10.6 Å². The second kappa shape index (κ2) is 5.24. The number of carbonyl (C=O) groups excluding carboxylic acids is 1. The van der Waals surface area contributed by atoms with Gasteiger partial charge in [-0.2, -0.15) is 4.98 Å². The van der Waals surface area contributed by atoms with E-state index in [-0.39, 0.29) is 0 Å². The number of piperazine rings is 1. The minimum atomic E-state index is 0.315. The van der Waals surface area contributed by atoms with Gasteiger partial charge in [-0.25, -0.2) is 4.98 Å². The Balaban J connectivity index is 1.98. The Kier molecular flexibility index (Phi) is 3.43. The molecule has 3 heterocycles. The Hall–Kier alpha value is -1.89. The first-order valence-corrected chi connectivity index (χ1v) is 7.53. The van der Waals surface area contributed by atoms with Crippen LogP contribution in [0.4, 0.5) is 11.8 Å². The van der Waals surface area contributed by atoms with E-state index >= 15 is 0 Å². The Morgan fingerprint density at radius 1 is 1.35 bits per heavy atom. The summed E-state index contributed by atoms with van der Waals surface area (Å²) in [5, 5.41) is 1.07. The van der Waals surface area contributed by atoms with Crippen molar-refractivity contribution in [3.8, 4) is 0 Å². The average Bonchev–Trinajstić information content (AvgIpc) is 2.89. The van der Waals surface area contributed by atoms with Gasteiger partial charge in [-0.1, -0.05) is 6.92 Å². The second-order valence-corrected chi connectivity index (χ2v) is 5.93. The summed E-state index contributed by atoms with van der Waals surface area (Å²) in [4.78, 5) is 25.7.